The minimum atomic E-state index is -0.338. The summed E-state index contributed by atoms with van der Waals surface area (Å²) in [7, 11) is 0. The van der Waals surface area contributed by atoms with Crippen molar-refractivity contribution in [1.29, 1.82) is 0 Å². The molecule has 0 aromatic heterocycles. The highest BCUT2D eigenvalue weighted by Crippen LogP contribution is 2.39. The predicted octanol–water partition coefficient (Wildman–Crippen LogP) is 2.71. The van der Waals surface area contributed by atoms with Gasteiger partial charge in [0.05, 0.1) is 5.41 Å². The summed E-state index contributed by atoms with van der Waals surface area (Å²) < 4.78 is 0. The van der Waals surface area contributed by atoms with Crippen LogP contribution in [0.15, 0.2) is 30.3 Å². The van der Waals surface area contributed by atoms with Crippen molar-refractivity contribution in [2.24, 2.45) is 5.92 Å². The lowest BCUT2D eigenvalue weighted by Gasteiger charge is -2.37. The van der Waals surface area contributed by atoms with Gasteiger partial charge in [-0.15, -0.1) is 0 Å². The number of likely N-dealkylation sites (tertiary alicyclic amines) is 1. The smallest absolute Gasteiger partial charge is 0.230 e. The summed E-state index contributed by atoms with van der Waals surface area (Å²) in [4.78, 5) is 15.5. The highest BCUT2D eigenvalue weighted by atomic mass is 16.3. The van der Waals surface area contributed by atoms with Gasteiger partial charge in [-0.3, -0.25) is 4.79 Å². The number of hydrogen-bond donors (Lipinski definition) is 2. The number of benzene rings is 1. The maximum Gasteiger partial charge on any atom is 0.230 e. The summed E-state index contributed by atoms with van der Waals surface area (Å²) in [6.07, 6.45) is 7.68. The maximum absolute atomic E-state index is 13.1. The first-order valence-electron chi connectivity index (χ1n) is 9.92. The van der Waals surface area contributed by atoms with Crippen LogP contribution in [0.5, 0.6) is 0 Å². The minimum absolute atomic E-state index is 0.203. The molecule has 1 heterocycles. The Balaban J connectivity index is 1.58. The number of hydrogen-bond acceptors (Lipinski definition) is 3. The molecule has 1 aliphatic carbocycles. The van der Waals surface area contributed by atoms with E-state index in [-0.39, 0.29) is 17.9 Å². The van der Waals surface area contributed by atoms with E-state index in [9.17, 15) is 9.90 Å². The second-order valence-electron chi connectivity index (χ2n) is 7.76. The summed E-state index contributed by atoms with van der Waals surface area (Å²) in [5.41, 5.74) is 0.834. The van der Waals surface area contributed by atoms with Gasteiger partial charge >= 0.3 is 0 Å². The average molecular weight is 344 g/mol. The van der Waals surface area contributed by atoms with Crippen molar-refractivity contribution >= 4 is 5.91 Å². The van der Waals surface area contributed by atoms with E-state index in [2.05, 4.69) is 22.3 Å². The zero-order valence-corrected chi connectivity index (χ0v) is 15.3. The molecule has 1 aliphatic heterocycles. The van der Waals surface area contributed by atoms with E-state index in [1.54, 1.807) is 0 Å². The first-order valence-corrected chi connectivity index (χ1v) is 9.92. The molecule has 0 bridgehead atoms. The second-order valence-corrected chi connectivity index (χ2v) is 7.76. The van der Waals surface area contributed by atoms with Crippen LogP contribution in [0.2, 0.25) is 0 Å². The first-order chi connectivity index (χ1) is 12.2. The highest BCUT2D eigenvalue weighted by molar-refractivity contribution is 5.88. The summed E-state index contributed by atoms with van der Waals surface area (Å²) in [5.74, 6) is 0.604. The van der Waals surface area contributed by atoms with E-state index in [1.165, 1.54) is 12.0 Å². The van der Waals surface area contributed by atoms with E-state index >= 15 is 0 Å². The normalized spacial score (nSPS) is 24.0. The van der Waals surface area contributed by atoms with Crippen molar-refractivity contribution in [2.45, 2.75) is 50.4 Å². The van der Waals surface area contributed by atoms with E-state index in [0.29, 0.717) is 12.5 Å². The van der Waals surface area contributed by atoms with E-state index in [1.807, 2.05) is 18.2 Å². The fraction of sp³-hybridized carbons (Fsp3) is 0.667. The zero-order chi connectivity index (χ0) is 17.5. The van der Waals surface area contributed by atoms with Crippen LogP contribution in [0, 0.1) is 5.92 Å². The number of aliphatic hydroxyl groups is 1. The molecular formula is C21H32N2O2. The van der Waals surface area contributed by atoms with Gasteiger partial charge in [0.15, 0.2) is 0 Å². The van der Waals surface area contributed by atoms with Crippen LogP contribution in [0.3, 0.4) is 0 Å². The van der Waals surface area contributed by atoms with Gasteiger partial charge in [0, 0.05) is 26.2 Å². The molecule has 2 aliphatic rings. The third kappa shape index (κ3) is 4.42. The Kier molecular flexibility index (Phi) is 6.49. The van der Waals surface area contributed by atoms with E-state index in [0.717, 1.165) is 58.2 Å². The molecule has 4 nitrogen and oxygen atoms in total. The molecule has 1 atom stereocenters. The molecule has 2 fully saturated rings. The predicted molar refractivity (Wildman–Crippen MR) is 100 cm³/mol. The van der Waals surface area contributed by atoms with Crippen LogP contribution in [-0.2, 0) is 10.2 Å². The zero-order valence-electron chi connectivity index (χ0n) is 15.3. The van der Waals surface area contributed by atoms with Gasteiger partial charge in [-0.2, -0.15) is 0 Å². The Bertz CT molecular complexity index is 540. The number of nitrogens with zero attached hydrogens (tertiary/aromatic N) is 1. The van der Waals surface area contributed by atoms with Crippen LogP contribution in [-0.4, -0.2) is 48.7 Å². The number of rotatable bonds is 6. The number of carbonyl (C=O) groups excluding carboxylic acids is 1. The van der Waals surface area contributed by atoms with Gasteiger partial charge in [0.1, 0.15) is 0 Å². The average Bonchev–Trinajstić information content (AvgIpc) is 2.69. The molecule has 138 valence electrons. The maximum atomic E-state index is 13.1. The van der Waals surface area contributed by atoms with Crippen LogP contribution in [0.25, 0.3) is 0 Å². The molecular weight excluding hydrogens is 312 g/mol. The Morgan fingerprint density at radius 3 is 2.64 bits per heavy atom. The lowest BCUT2D eigenvalue weighted by atomic mass is 9.68. The molecule has 1 amide bonds. The molecule has 1 aromatic carbocycles. The Hall–Kier alpha value is -1.39. The molecule has 4 heteroatoms. The number of amides is 1. The monoisotopic (exact) mass is 344 g/mol. The lowest BCUT2D eigenvalue weighted by Crippen LogP contribution is -2.48. The quantitative estimate of drug-likeness (QED) is 0.834. The number of carbonyl (C=O) groups is 1. The van der Waals surface area contributed by atoms with Crippen molar-refractivity contribution < 1.29 is 9.90 Å². The third-order valence-electron chi connectivity index (χ3n) is 6.04. The molecule has 2 N–H and O–H groups in total. The standard InChI is InChI=1S/C21H32N2O2/c24-17-18-8-7-14-23(16-18)15-13-22-20(25)21(11-5-2-6-12-21)19-9-3-1-4-10-19/h1,3-4,9-10,18,24H,2,5-8,11-17H2,(H,22,25)/t18-/m0/s1. The Labute approximate surface area is 151 Å². The van der Waals surface area contributed by atoms with Gasteiger partial charge in [-0.25, -0.2) is 0 Å². The molecule has 0 unspecified atom stereocenters. The largest absolute Gasteiger partial charge is 0.396 e. The number of aliphatic hydroxyl groups excluding tert-OH is 1. The lowest BCUT2D eigenvalue weighted by molar-refractivity contribution is -0.128. The number of nitrogens with one attached hydrogen (secondary N) is 1. The van der Waals surface area contributed by atoms with Crippen LogP contribution >= 0.6 is 0 Å². The third-order valence-corrected chi connectivity index (χ3v) is 6.04. The Morgan fingerprint density at radius 1 is 1.16 bits per heavy atom. The van der Waals surface area contributed by atoms with E-state index < -0.39 is 0 Å². The van der Waals surface area contributed by atoms with Crippen molar-refractivity contribution in [3.63, 3.8) is 0 Å². The molecule has 0 radical (unpaired) electrons. The van der Waals surface area contributed by atoms with Gasteiger partial charge in [0.2, 0.25) is 5.91 Å². The fourth-order valence-electron chi connectivity index (χ4n) is 4.56. The van der Waals surface area contributed by atoms with Crippen molar-refractivity contribution in [2.75, 3.05) is 32.8 Å². The van der Waals surface area contributed by atoms with Crippen molar-refractivity contribution in [3.05, 3.63) is 35.9 Å². The SMILES string of the molecule is O=C(NCCN1CCC[C@H](CO)C1)C1(c2ccccc2)CCCCC1. The van der Waals surface area contributed by atoms with Gasteiger partial charge in [0.25, 0.3) is 0 Å². The Morgan fingerprint density at radius 2 is 1.92 bits per heavy atom. The molecule has 0 spiro atoms. The fourth-order valence-corrected chi connectivity index (χ4v) is 4.56. The van der Waals surface area contributed by atoms with Gasteiger partial charge < -0.3 is 15.3 Å². The van der Waals surface area contributed by atoms with Crippen LogP contribution < -0.4 is 5.32 Å². The molecule has 1 saturated carbocycles. The minimum Gasteiger partial charge on any atom is -0.396 e. The highest BCUT2D eigenvalue weighted by Gasteiger charge is 2.40. The second kappa shape index (κ2) is 8.81. The van der Waals surface area contributed by atoms with Crippen LogP contribution in [0.1, 0.15) is 50.5 Å². The van der Waals surface area contributed by atoms with Crippen LogP contribution in [0.4, 0.5) is 0 Å². The first kappa shape index (κ1) is 18.4. The molecule has 1 saturated heterocycles. The summed E-state index contributed by atoms with van der Waals surface area (Å²) >= 11 is 0. The van der Waals surface area contributed by atoms with Crippen molar-refractivity contribution in [1.82, 2.24) is 10.2 Å². The van der Waals surface area contributed by atoms with Gasteiger partial charge in [-0.05, 0) is 43.7 Å². The van der Waals surface area contributed by atoms with Crippen molar-refractivity contribution in [3.8, 4) is 0 Å². The van der Waals surface area contributed by atoms with Gasteiger partial charge in [-0.1, -0.05) is 49.6 Å². The molecule has 25 heavy (non-hydrogen) atoms. The number of piperidine rings is 1. The molecule has 1 aromatic rings. The summed E-state index contributed by atoms with van der Waals surface area (Å²) in [5, 5.41) is 12.6. The van der Waals surface area contributed by atoms with E-state index in [4.69, 9.17) is 0 Å². The topological polar surface area (TPSA) is 52.6 Å². The molecule has 3 rings (SSSR count). The summed E-state index contributed by atoms with van der Waals surface area (Å²) in [6.45, 7) is 3.89. The summed E-state index contributed by atoms with van der Waals surface area (Å²) in [6, 6.07) is 10.3.